The van der Waals surface area contributed by atoms with Crippen LogP contribution >= 0.6 is 23.1 Å². The topological polar surface area (TPSA) is 113 Å². The zero-order valence-electron chi connectivity index (χ0n) is 16.1. The molecule has 1 aliphatic carbocycles. The van der Waals surface area contributed by atoms with Gasteiger partial charge in [0.2, 0.25) is 11.8 Å². The quantitative estimate of drug-likeness (QED) is 0.543. The first-order chi connectivity index (χ1) is 14.5. The standard InChI is InChI=1S/C20H18N6O2S2/c1-12(27)22-15-3-2-4-16(9-15)26-18(13-5-6-13)24-25-20(26)30-11-17(28)23-19-14(10-21)7-8-29-19/h2-4,7-9,13H,5-6,11H2,1H3,(H,22,27)(H,23,28). The Labute approximate surface area is 181 Å². The van der Waals surface area contributed by atoms with Gasteiger partial charge >= 0.3 is 0 Å². The van der Waals surface area contributed by atoms with Gasteiger partial charge in [0.1, 0.15) is 16.9 Å². The average Bonchev–Trinajstić information content (AvgIpc) is 3.32. The van der Waals surface area contributed by atoms with Gasteiger partial charge in [-0.3, -0.25) is 14.2 Å². The van der Waals surface area contributed by atoms with Crippen LogP contribution in [0.3, 0.4) is 0 Å². The first-order valence-corrected chi connectivity index (χ1v) is 11.1. The minimum Gasteiger partial charge on any atom is -0.326 e. The maximum Gasteiger partial charge on any atom is 0.235 e. The first kappa shape index (κ1) is 20.1. The Morgan fingerprint density at radius 1 is 1.30 bits per heavy atom. The van der Waals surface area contributed by atoms with Crippen molar-refractivity contribution in [2.75, 3.05) is 16.4 Å². The Morgan fingerprint density at radius 2 is 2.13 bits per heavy atom. The van der Waals surface area contributed by atoms with Gasteiger partial charge in [0.05, 0.1) is 17.0 Å². The minimum absolute atomic E-state index is 0.136. The van der Waals surface area contributed by atoms with Gasteiger partial charge in [-0.05, 0) is 42.5 Å². The second kappa shape index (κ2) is 8.69. The Kier molecular flexibility index (Phi) is 5.83. The van der Waals surface area contributed by atoms with Gasteiger partial charge in [-0.15, -0.1) is 21.5 Å². The van der Waals surface area contributed by atoms with E-state index in [-0.39, 0.29) is 17.6 Å². The van der Waals surface area contributed by atoms with Crippen LogP contribution in [0.25, 0.3) is 5.69 Å². The summed E-state index contributed by atoms with van der Waals surface area (Å²) in [5.41, 5.74) is 1.97. The van der Waals surface area contributed by atoms with Gasteiger partial charge in [-0.25, -0.2) is 0 Å². The number of carbonyl (C=O) groups excluding carboxylic acids is 2. The highest BCUT2D eigenvalue weighted by atomic mass is 32.2. The molecule has 2 aromatic heterocycles. The van der Waals surface area contributed by atoms with Crippen LogP contribution in [0.4, 0.5) is 10.7 Å². The van der Waals surface area contributed by atoms with E-state index < -0.39 is 0 Å². The Morgan fingerprint density at radius 3 is 2.87 bits per heavy atom. The van der Waals surface area contributed by atoms with E-state index in [1.165, 1.54) is 30.0 Å². The molecule has 4 rings (SSSR count). The highest BCUT2D eigenvalue weighted by molar-refractivity contribution is 7.99. The van der Waals surface area contributed by atoms with Crippen molar-refractivity contribution in [1.29, 1.82) is 5.26 Å². The van der Waals surface area contributed by atoms with Crippen LogP contribution in [-0.4, -0.2) is 32.3 Å². The summed E-state index contributed by atoms with van der Waals surface area (Å²) >= 11 is 2.60. The van der Waals surface area contributed by atoms with Gasteiger partial charge < -0.3 is 10.6 Å². The predicted molar refractivity (Wildman–Crippen MR) is 116 cm³/mol. The smallest absolute Gasteiger partial charge is 0.235 e. The molecule has 10 heteroatoms. The lowest BCUT2D eigenvalue weighted by atomic mass is 10.2. The van der Waals surface area contributed by atoms with Crippen molar-refractivity contribution in [1.82, 2.24) is 14.8 Å². The van der Waals surface area contributed by atoms with Crippen molar-refractivity contribution in [2.24, 2.45) is 0 Å². The molecule has 30 heavy (non-hydrogen) atoms. The molecule has 8 nitrogen and oxygen atoms in total. The summed E-state index contributed by atoms with van der Waals surface area (Å²) in [5, 5.41) is 26.2. The van der Waals surface area contributed by atoms with E-state index in [0.717, 1.165) is 24.4 Å². The number of aromatic nitrogens is 3. The number of nitrogens with one attached hydrogen (secondary N) is 2. The maximum atomic E-state index is 12.4. The maximum absolute atomic E-state index is 12.4. The zero-order chi connectivity index (χ0) is 21.1. The Bertz CT molecular complexity index is 1140. The lowest BCUT2D eigenvalue weighted by Gasteiger charge is -2.11. The van der Waals surface area contributed by atoms with Crippen LogP contribution in [0.15, 0.2) is 40.9 Å². The number of thioether (sulfide) groups is 1. The fourth-order valence-corrected chi connectivity index (χ4v) is 4.45. The third-order valence-electron chi connectivity index (χ3n) is 4.40. The van der Waals surface area contributed by atoms with Crippen LogP contribution in [0.1, 0.15) is 37.1 Å². The molecule has 0 spiro atoms. The number of carbonyl (C=O) groups is 2. The number of nitrogens with zero attached hydrogens (tertiary/aromatic N) is 4. The first-order valence-electron chi connectivity index (χ1n) is 9.28. The minimum atomic E-state index is -0.214. The molecule has 0 unspecified atom stereocenters. The molecule has 0 saturated heterocycles. The van der Waals surface area contributed by atoms with E-state index in [9.17, 15) is 9.59 Å². The summed E-state index contributed by atoms with van der Waals surface area (Å²) < 4.78 is 1.95. The van der Waals surface area contributed by atoms with Crippen LogP contribution in [0.2, 0.25) is 0 Å². The highest BCUT2D eigenvalue weighted by Crippen LogP contribution is 2.41. The number of rotatable bonds is 7. The SMILES string of the molecule is CC(=O)Nc1cccc(-n2c(SCC(=O)Nc3sccc3C#N)nnc2C2CC2)c1. The molecule has 1 aromatic carbocycles. The van der Waals surface area contributed by atoms with Crippen molar-refractivity contribution < 1.29 is 9.59 Å². The van der Waals surface area contributed by atoms with Gasteiger partial charge in [0, 0.05) is 18.5 Å². The normalized spacial score (nSPS) is 12.9. The molecule has 2 heterocycles. The van der Waals surface area contributed by atoms with Crippen molar-refractivity contribution >= 4 is 45.6 Å². The molecule has 152 valence electrons. The predicted octanol–water partition coefficient (Wildman–Crippen LogP) is 3.77. The molecule has 2 N–H and O–H groups in total. The van der Waals surface area contributed by atoms with E-state index >= 15 is 0 Å². The third kappa shape index (κ3) is 4.53. The van der Waals surface area contributed by atoms with Gasteiger partial charge in [-0.1, -0.05) is 17.8 Å². The molecule has 2 amide bonds. The molecule has 0 aliphatic heterocycles. The number of amides is 2. The van der Waals surface area contributed by atoms with Crippen molar-refractivity contribution in [3.8, 4) is 11.8 Å². The van der Waals surface area contributed by atoms with Crippen molar-refractivity contribution in [3.05, 3.63) is 47.1 Å². The number of nitriles is 1. The van der Waals surface area contributed by atoms with Crippen molar-refractivity contribution in [3.63, 3.8) is 0 Å². The fourth-order valence-electron chi connectivity index (χ4n) is 2.94. The molecule has 0 bridgehead atoms. The van der Waals surface area contributed by atoms with E-state index in [0.29, 0.717) is 27.3 Å². The molecule has 1 saturated carbocycles. The summed E-state index contributed by atoms with van der Waals surface area (Å²) in [6, 6.07) is 11.2. The lowest BCUT2D eigenvalue weighted by Crippen LogP contribution is -2.14. The second-order valence-electron chi connectivity index (χ2n) is 6.79. The average molecular weight is 439 g/mol. The second-order valence-corrected chi connectivity index (χ2v) is 8.65. The Hall–Kier alpha value is -3.16. The Balaban J connectivity index is 1.54. The third-order valence-corrected chi connectivity index (χ3v) is 6.16. The van der Waals surface area contributed by atoms with Crippen LogP contribution in [0.5, 0.6) is 0 Å². The number of thiophene rings is 1. The summed E-state index contributed by atoms with van der Waals surface area (Å²) in [7, 11) is 0. The van der Waals surface area contributed by atoms with E-state index in [1.807, 2.05) is 28.8 Å². The number of hydrogen-bond donors (Lipinski definition) is 2. The lowest BCUT2D eigenvalue weighted by molar-refractivity contribution is -0.114. The number of hydrogen-bond acceptors (Lipinski definition) is 7. The molecular weight excluding hydrogens is 420 g/mol. The fraction of sp³-hybridized carbons (Fsp3) is 0.250. The molecular formula is C20H18N6O2S2. The molecule has 1 aliphatic rings. The molecule has 0 radical (unpaired) electrons. The van der Waals surface area contributed by atoms with Gasteiger partial charge in [0.25, 0.3) is 0 Å². The summed E-state index contributed by atoms with van der Waals surface area (Å²) in [5.74, 6) is 0.998. The van der Waals surface area contributed by atoms with Crippen LogP contribution < -0.4 is 10.6 Å². The van der Waals surface area contributed by atoms with Gasteiger partial charge in [-0.2, -0.15) is 5.26 Å². The summed E-state index contributed by atoms with van der Waals surface area (Å²) in [4.78, 5) is 23.8. The molecule has 1 fully saturated rings. The highest BCUT2D eigenvalue weighted by Gasteiger charge is 2.31. The van der Waals surface area contributed by atoms with Crippen LogP contribution in [-0.2, 0) is 9.59 Å². The van der Waals surface area contributed by atoms with E-state index in [4.69, 9.17) is 5.26 Å². The van der Waals surface area contributed by atoms with Gasteiger partial charge in [0.15, 0.2) is 5.16 Å². The van der Waals surface area contributed by atoms with Crippen LogP contribution in [0, 0.1) is 11.3 Å². The summed E-state index contributed by atoms with van der Waals surface area (Å²) in [6.45, 7) is 1.46. The van der Waals surface area contributed by atoms with Crippen molar-refractivity contribution in [2.45, 2.75) is 30.8 Å². The molecule has 3 aromatic rings. The van der Waals surface area contributed by atoms with E-state index in [2.05, 4.69) is 26.9 Å². The summed E-state index contributed by atoms with van der Waals surface area (Å²) in [6.07, 6.45) is 2.12. The van der Waals surface area contributed by atoms with E-state index in [1.54, 1.807) is 11.4 Å². The number of benzene rings is 1. The largest absolute Gasteiger partial charge is 0.326 e. The zero-order valence-corrected chi connectivity index (χ0v) is 17.7. The monoisotopic (exact) mass is 438 g/mol. The number of anilines is 2. The molecule has 0 atom stereocenters.